The lowest BCUT2D eigenvalue weighted by Crippen LogP contribution is -2.38. The van der Waals surface area contributed by atoms with Gasteiger partial charge in [0.1, 0.15) is 5.38 Å². The fourth-order valence-corrected chi connectivity index (χ4v) is 3.23. The van der Waals surface area contributed by atoms with Crippen LogP contribution in [-0.4, -0.2) is 12.5 Å². The van der Waals surface area contributed by atoms with Gasteiger partial charge in [0.15, 0.2) is 0 Å². The molecule has 0 saturated heterocycles. The molecule has 0 saturated carbocycles. The maximum atomic E-state index is 12.8. The fourth-order valence-electron chi connectivity index (χ4n) is 2.97. The largest absolute Gasteiger partial charge is 0.310 e. The molecule has 108 valence electrons. The predicted octanol–water partition coefficient (Wildman–Crippen LogP) is 4.25. The molecular formula is C18H18ClNO. The second kappa shape index (κ2) is 5.90. The van der Waals surface area contributed by atoms with Crippen molar-refractivity contribution < 1.29 is 4.79 Å². The topological polar surface area (TPSA) is 20.3 Å². The van der Waals surface area contributed by atoms with Crippen LogP contribution in [0.15, 0.2) is 48.5 Å². The van der Waals surface area contributed by atoms with E-state index in [4.69, 9.17) is 11.6 Å². The van der Waals surface area contributed by atoms with Gasteiger partial charge in [-0.3, -0.25) is 4.79 Å². The van der Waals surface area contributed by atoms with E-state index in [0.29, 0.717) is 0 Å². The molecule has 0 bridgehead atoms. The molecule has 0 aromatic heterocycles. The Balaban J connectivity index is 1.94. The zero-order valence-corrected chi connectivity index (χ0v) is 12.8. The van der Waals surface area contributed by atoms with Gasteiger partial charge in [0.2, 0.25) is 5.91 Å². The van der Waals surface area contributed by atoms with Gasteiger partial charge >= 0.3 is 0 Å². The number of carbonyl (C=O) groups is 1. The monoisotopic (exact) mass is 299 g/mol. The summed E-state index contributed by atoms with van der Waals surface area (Å²) in [7, 11) is 0. The molecule has 1 aliphatic rings. The van der Waals surface area contributed by atoms with Crippen LogP contribution in [0.25, 0.3) is 0 Å². The number of nitrogens with zero attached hydrogens (tertiary/aromatic N) is 1. The highest BCUT2D eigenvalue weighted by Gasteiger charge is 2.29. The summed E-state index contributed by atoms with van der Waals surface area (Å²) >= 11 is 6.42. The Bertz CT molecular complexity index is 654. The molecule has 0 fully saturated rings. The van der Waals surface area contributed by atoms with E-state index in [9.17, 15) is 4.79 Å². The number of anilines is 1. The van der Waals surface area contributed by atoms with Gasteiger partial charge in [-0.2, -0.15) is 0 Å². The second-order valence-electron chi connectivity index (χ2n) is 5.45. The van der Waals surface area contributed by atoms with Crippen LogP contribution in [0.1, 0.15) is 28.5 Å². The zero-order chi connectivity index (χ0) is 14.8. The van der Waals surface area contributed by atoms with Crippen molar-refractivity contribution in [2.75, 3.05) is 11.4 Å². The van der Waals surface area contributed by atoms with E-state index in [0.717, 1.165) is 36.2 Å². The molecule has 3 heteroatoms. The van der Waals surface area contributed by atoms with E-state index in [1.165, 1.54) is 5.56 Å². The van der Waals surface area contributed by atoms with Crippen LogP contribution in [0, 0.1) is 6.92 Å². The molecule has 0 spiro atoms. The average Bonchev–Trinajstić information content (AvgIpc) is 2.54. The lowest BCUT2D eigenvalue weighted by Gasteiger charge is -2.32. The molecule has 1 amide bonds. The number of hydrogen-bond acceptors (Lipinski definition) is 1. The summed E-state index contributed by atoms with van der Waals surface area (Å²) in [5.41, 5.74) is 4.28. The first kappa shape index (κ1) is 14.2. The maximum absolute atomic E-state index is 12.8. The Morgan fingerprint density at radius 3 is 2.67 bits per heavy atom. The highest BCUT2D eigenvalue weighted by atomic mass is 35.5. The predicted molar refractivity (Wildman–Crippen MR) is 86.9 cm³/mol. The summed E-state index contributed by atoms with van der Waals surface area (Å²) in [6.07, 6.45) is 2.01. The van der Waals surface area contributed by atoms with E-state index < -0.39 is 5.38 Å². The Hall–Kier alpha value is -1.80. The third kappa shape index (κ3) is 2.68. The van der Waals surface area contributed by atoms with Crippen LogP contribution < -0.4 is 4.90 Å². The summed E-state index contributed by atoms with van der Waals surface area (Å²) in [4.78, 5) is 14.7. The van der Waals surface area contributed by atoms with Gasteiger partial charge in [0.05, 0.1) is 0 Å². The van der Waals surface area contributed by atoms with Crippen molar-refractivity contribution in [2.45, 2.75) is 25.1 Å². The van der Waals surface area contributed by atoms with Crippen molar-refractivity contribution in [3.63, 3.8) is 0 Å². The van der Waals surface area contributed by atoms with Crippen molar-refractivity contribution in [2.24, 2.45) is 0 Å². The van der Waals surface area contributed by atoms with Gasteiger partial charge < -0.3 is 4.90 Å². The van der Waals surface area contributed by atoms with Gasteiger partial charge in [-0.25, -0.2) is 0 Å². The van der Waals surface area contributed by atoms with Crippen LogP contribution in [0.5, 0.6) is 0 Å². The number of halogens is 1. The first-order valence-electron chi connectivity index (χ1n) is 7.27. The number of hydrogen-bond donors (Lipinski definition) is 0. The van der Waals surface area contributed by atoms with Crippen LogP contribution in [0.2, 0.25) is 0 Å². The normalized spacial score (nSPS) is 15.4. The van der Waals surface area contributed by atoms with E-state index >= 15 is 0 Å². The quantitative estimate of drug-likeness (QED) is 0.759. The molecule has 2 aromatic carbocycles. The highest BCUT2D eigenvalue weighted by Crippen LogP contribution is 2.34. The maximum Gasteiger partial charge on any atom is 0.249 e. The molecule has 0 radical (unpaired) electrons. The minimum atomic E-state index is -0.628. The van der Waals surface area contributed by atoms with E-state index in [1.54, 1.807) is 0 Å². The first-order valence-corrected chi connectivity index (χ1v) is 7.71. The number of amides is 1. The third-order valence-corrected chi connectivity index (χ3v) is 4.43. The molecule has 2 nitrogen and oxygen atoms in total. The number of rotatable bonds is 2. The lowest BCUT2D eigenvalue weighted by atomic mass is 9.97. The molecule has 0 N–H and O–H groups in total. The van der Waals surface area contributed by atoms with E-state index in [2.05, 4.69) is 25.1 Å². The number of alkyl halides is 1. The average molecular weight is 300 g/mol. The molecule has 3 rings (SSSR count). The number of aryl methyl sites for hydroxylation is 2. The lowest BCUT2D eigenvalue weighted by molar-refractivity contribution is -0.118. The molecule has 1 atom stereocenters. The van der Waals surface area contributed by atoms with Crippen molar-refractivity contribution in [3.05, 3.63) is 65.2 Å². The van der Waals surface area contributed by atoms with Gasteiger partial charge in [-0.1, -0.05) is 48.5 Å². The smallest absolute Gasteiger partial charge is 0.249 e. The highest BCUT2D eigenvalue weighted by molar-refractivity contribution is 6.33. The number of para-hydroxylation sites is 1. The second-order valence-corrected chi connectivity index (χ2v) is 5.89. The summed E-state index contributed by atoms with van der Waals surface area (Å²) in [5.74, 6) is -0.0295. The fraction of sp³-hybridized carbons (Fsp3) is 0.278. The molecule has 1 heterocycles. The third-order valence-electron chi connectivity index (χ3n) is 3.99. The molecule has 2 aromatic rings. The Morgan fingerprint density at radius 1 is 1.14 bits per heavy atom. The molecule has 21 heavy (non-hydrogen) atoms. The number of carbonyl (C=O) groups excluding carboxylic acids is 1. The van der Waals surface area contributed by atoms with Crippen LogP contribution in [-0.2, 0) is 11.2 Å². The van der Waals surface area contributed by atoms with Crippen molar-refractivity contribution >= 4 is 23.2 Å². The number of fused-ring (bicyclic) bond motifs is 1. The molecular weight excluding hydrogens is 282 g/mol. The minimum Gasteiger partial charge on any atom is -0.310 e. The van der Waals surface area contributed by atoms with Crippen LogP contribution in [0.3, 0.4) is 0 Å². The molecule has 1 unspecified atom stereocenters. The van der Waals surface area contributed by atoms with Crippen LogP contribution in [0.4, 0.5) is 5.69 Å². The standard InChI is InChI=1S/C18H18ClNO/c1-13-7-5-10-15-11-6-12-20(17(13)15)18(21)16(19)14-8-3-2-4-9-14/h2-5,7-10,16H,6,11-12H2,1H3. The summed E-state index contributed by atoms with van der Waals surface area (Å²) in [5, 5.41) is -0.628. The van der Waals surface area contributed by atoms with E-state index in [-0.39, 0.29) is 5.91 Å². The van der Waals surface area contributed by atoms with Crippen molar-refractivity contribution in [3.8, 4) is 0 Å². The van der Waals surface area contributed by atoms with Gasteiger partial charge in [-0.05, 0) is 36.5 Å². The minimum absolute atomic E-state index is 0.0295. The summed E-state index contributed by atoms with van der Waals surface area (Å²) < 4.78 is 0. The van der Waals surface area contributed by atoms with Crippen molar-refractivity contribution in [1.82, 2.24) is 0 Å². The summed E-state index contributed by atoms with van der Waals surface area (Å²) in [6, 6.07) is 15.8. The summed E-state index contributed by atoms with van der Waals surface area (Å²) in [6.45, 7) is 2.79. The molecule has 0 aliphatic carbocycles. The zero-order valence-electron chi connectivity index (χ0n) is 12.1. The van der Waals surface area contributed by atoms with Crippen molar-refractivity contribution in [1.29, 1.82) is 0 Å². The first-order chi connectivity index (χ1) is 10.2. The Morgan fingerprint density at radius 2 is 1.90 bits per heavy atom. The van der Waals surface area contributed by atoms with Gasteiger partial charge in [0, 0.05) is 12.2 Å². The van der Waals surface area contributed by atoms with E-state index in [1.807, 2.05) is 35.2 Å². The SMILES string of the molecule is Cc1cccc2c1N(C(=O)C(Cl)c1ccccc1)CCC2. The van der Waals surface area contributed by atoms with Gasteiger partial charge in [0.25, 0.3) is 0 Å². The number of benzene rings is 2. The van der Waals surface area contributed by atoms with Gasteiger partial charge in [-0.15, -0.1) is 11.6 Å². The Labute approximate surface area is 130 Å². The van der Waals surface area contributed by atoms with Crippen LogP contribution >= 0.6 is 11.6 Å². The Kier molecular flexibility index (Phi) is 3.98. The molecule has 1 aliphatic heterocycles.